The van der Waals surface area contributed by atoms with Gasteiger partial charge >= 0.3 is 12.1 Å². The number of likely N-dealkylation sites (tertiary alicyclic amines) is 1. The van der Waals surface area contributed by atoms with Crippen molar-refractivity contribution in [3.63, 3.8) is 0 Å². The molecule has 2 aliphatic rings. The first kappa shape index (κ1) is 23.9. The van der Waals surface area contributed by atoms with Crippen molar-refractivity contribution in [1.29, 1.82) is 0 Å². The number of carbonyl (C=O) groups is 1. The molecule has 0 amide bonds. The lowest BCUT2D eigenvalue weighted by Gasteiger charge is -2.43. The van der Waals surface area contributed by atoms with Crippen LogP contribution in [-0.4, -0.2) is 76.5 Å². The van der Waals surface area contributed by atoms with Crippen LogP contribution < -0.4 is 4.90 Å². The zero-order chi connectivity index (χ0) is 23.0. The molecule has 0 bridgehead atoms. The van der Waals surface area contributed by atoms with Crippen LogP contribution in [0.3, 0.4) is 0 Å². The summed E-state index contributed by atoms with van der Waals surface area (Å²) in [6, 6.07) is 6.15. The molecule has 0 aliphatic carbocycles. The number of carboxylic acids is 1. The quantitative estimate of drug-likeness (QED) is 0.759. The summed E-state index contributed by atoms with van der Waals surface area (Å²) in [4.78, 5) is 26.7. The molecule has 2 aromatic rings. The highest BCUT2D eigenvalue weighted by Crippen LogP contribution is 2.34. The molecule has 1 N–H and O–H groups in total. The van der Waals surface area contributed by atoms with Crippen LogP contribution in [0.5, 0.6) is 0 Å². The van der Waals surface area contributed by atoms with Gasteiger partial charge in [0.05, 0.1) is 37.0 Å². The van der Waals surface area contributed by atoms with Gasteiger partial charge in [-0.15, -0.1) is 0 Å². The Kier molecular flexibility index (Phi) is 7.97. The van der Waals surface area contributed by atoms with Crippen molar-refractivity contribution in [2.75, 3.05) is 44.3 Å². The Hall–Kier alpha value is -2.79. The number of pyridine rings is 1. The number of hydrogen-bond donors (Lipinski definition) is 1. The van der Waals surface area contributed by atoms with E-state index in [1.807, 2.05) is 24.7 Å². The highest BCUT2D eigenvalue weighted by molar-refractivity contribution is 5.73. The monoisotopic (exact) mass is 453 g/mol. The number of nitrogens with zero attached hydrogens (tertiary/aromatic N) is 5. The lowest BCUT2D eigenvalue weighted by atomic mass is 9.80. The molecule has 0 aromatic carbocycles. The summed E-state index contributed by atoms with van der Waals surface area (Å²) >= 11 is 0. The Bertz CT molecular complexity index is 857. The molecule has 1 unspecified atom stereocenters. The summed E-state index contributed by atoms with van der Waals surface area (Å²) in [5.74, 6) is -2.76. The first-order valence-corrected chi connectivity index (χ1v) is 10.3. The first-order chi connectivity index (χ1) is 15.3. The molecule has 2 aromatic heterocycles. The molecule has 4 rings (SSSR count). The Balaban J connectivity index is 0.000000360. The highest BCUT2D eigenvalue weighted by atomic mass is 19.4. The molecule has 0 radical (unpaired) electrons. The summed E-state index contributed by atoms with van der Waals surface area (Å²) < 4.78 is 37.7. The molecule has 1 spiro atoms. The van der Waals surface area contributed by atoms with E-state index >= 15 is 0 Å². The summed E-state index contributed by atoms with van der Waals surface area (Å²) in [5, 5.41) is 7.12. The fourth-order valence-corrected chi connectivity index (χ4v) is 4.08. The number of aromatic nitrogens is 3. The van der Waals surface area contributed by atoms with E-state index in [-0.39, 0.29) is 5.41 Å². The maximum atomic E-state index is 10.6. The van der Waals surface area contributed by atoms with E-state index in [0.717, 1.165) is 57.3 Å². The fraction of sp³-hybridized carbons (Fsp3) is 0.524. The van der Waals surface area contributed by atoms with Gasteiger partial charge in [0.15, 0.2) is 0 Å². The number of ether oxygens (including phenoxy) is 1. The topological polar surface area (TPSA) is 91.7 Å². The van der Waals surface area contributed by atoms with Crippen LogP contribution in [0.4, 0.5) is 18.9 Å². The minimum Gasteiger partial charge on any atom is -0.475 e. The molecule has 2 saturated heterocycles. The molecule has 11 heteroatoms. The normalized spacial score (nSPS) is 22.0. The average Bonchev–Trinajstić information content (AvgIpc) is 2.97. The maximum Gasteiger partial charge on any atom is 0.490 e. The van der Waals surface area contributed by atoms with Crippen LogP contribution in [0.2, 0.25) is 0 Å². The number of piperidine rings is 1. The van der Waals surface area contributed by atoms with Crippen molar-refractivity contribution >= 4 is 11.7 Å². The first-order valence-electron chi connectivity index (χ1n) is 10.3. The van der Waals surface area contributed by atoms with Gasteiger partial charge in [-0.25, -0.2) is 14.8 Å². The van der Waals surface area contributed by atoms with E-state index in [9.17, 15) is 13.2 Å². The van der Waals surface area contributed by atoms with Gasteiger partial charge in [0, 0.05) is 37.8 Å². The summed E-state index contributed by atoms with van der Waals surface area (Å²) in [5.41, 5.74) is 2.40. The van der Waals surface area contributed by atoms with E-state index in [1.54, 1.807) is 6.33 Å². The minimum atomic E-state index is -5.08. The lowest BCUT2D eigenvalue weighted by Crippen LogP contribution is -2.50. The Morgan fingerprint density at radius 2 is 1.94 bits per heavy atom. The number of alkyl halides is 3. The van der Waals surface area contributed by atoms with E-state index < -0.39 is 12.1 Å². The molecule has 4 heterocycles. The number of carboxylic acid groups (broad SMARTS) is 1. The molecule has 32 heavy (non-hydrogen) atoms. The fourth-order valence-electron chi connectivity index (χ4n) is 4.08. The van der Waals surface area contributed by atoms with Crippen LogP contribution in [0.1, 0.15) is 18.5 Å². The number of halogens is 3. The smallest absolute Gasteiger partial charge is 0.475 e. The van der Waals surface area contributed by atoms with Gasteiger partial charge < -0.3 is 14.7 Å². The second-order valence-corrected chi connectivity index (χ2v) is 8.01. The van der Waals surface area contributed by atoms with Gasteiger partial charge in [-0.2, -0.15) is 13.2 Å². The third-order valence-corrected chi connectivity index (χ3v) is 5.45. The SMILES string of the molecule is O=C(O)C(F)(F)F.c1ccc(CN2CCCC3(COCCN(c4cncnc4)C3)C2)nc1. The Morgan fingerprint density at radius 3 is 2.59 bits per heavy atom. The predicted molar refractivity (Wildman–Crippen MR) is 110 cm³/mol. The molecule has 2 aliphatic heterocycles. The largest absolute Gasteiger partial charge is 0.490 e. The van der Waals surface area contributed by atoms with Crippen molar-refractivity contribution in [3.05, 3.63) is 48.8 Å². The van der Waals surface area contributed by atoms with Gasteiger partial charge in [-0.05, 0) is 31.5 Å². The van der Waals surface area contributed by atoms with Gasteiger partial charge in [-0.1, -0.05) is 6.07 Å². The van der Waals surface area contributed by atoms with Crippen molar-refractivity contribution in [2.45, 2.75) is 25.6 Å². The van der Waals surface area contributed by atoms with E-state index in [2.05, 4.69) is 36.9 Å². The van der Waals surface area contributed by atoms with Gasteiger partial charge in [0.1, 0.15) is 6.33 Å². The number of aliphatic carboxylic acids is 1. The number of hydrogen-bond acceptors (Lipinski definition) is 7. The number of anilines is 1. The molecular weight excluding hydrogens is 427 g/mol. The van der Waals surface area contributed by atoms with Gasteiger partial charge in [0.2, 0.25) is 0 Å². The predicted octanol–water partition coefficient (Wildman–Crippen LogP) is 2.62. The standard InChI is InChI=1S/C19H25N5O.C2HF3O2/c1-2-6-22-17(4-1)12-23-7-3-5-19(13-23)14-24(8-9-25-15-19)18-10-20-16-21-11-18;3-2(4,5)1(6)7/h1-2,4,6,10-11,16H,3,5,7-9,12-15H2;(H,6,7). The summed E-state index contributed by atoms with van der Waals surface area (Å²) in [7, 11) is 0. The second-order valence-electron chi connectivity index (χ2n) is 8.01. The van der Waals surface area contributed by atoms with Gasteiger partial charge in [0.25, 0.3) is 0 Å². The molecule has 8 nitrogen and oxygen atoms in total. The second kappa shape index (κ2) is 10.7. The average molecular weight is 453 g/mol. The third-order valence-electron chi connectivity index (χ3n) is 5.45. The van der Waals surface area contributed by atoms with E-state index in [1.165, 1.54) is 12.8 Å². The highest BCUT2D eigenvalue weighted by Gasteiger charge is 2.39. The van der Waals surface area contributed by atoms with Crippen molar-refractivity contribution < 1.29 is 27.8 Å². The zero-order valence-electron chi connectivity index (χ0n) is 17.5. The van der Waals surface area contributed by atoms with Gasteiger partial charge in [-0.3, -0.25) is 9.88 Å². The van der Waals surface area contributed by atoms with Crippen LogP contribution in [0, 0.1) is 5.41 Å². The van der Waals surface area contributed by atoms with Crippen LogP contribution in [0.15, 0.2) is 43.1 Å². The third kappa shape index (κ3) is 6.86. The molecule has 0 saturated carbocycles. The Morgan fingerprint density at radius 1 is 1.19 bits per heavy atom. The lowest BCUT2D eigenvalue weighted by molar-refractivity contribution is -0.192. The van der Waals surface area contributed by atoms with E-state index in [4.69, 9.17) is 14.6 Å². The van der Waals surface area contributed by atoms with Crippen LogP contribution in [-0.2, 0) is 16.1 Å². The molecule has 174 valence electrons. The zero-order valence-corrected chi connectivity index (χ0v) is 17.5. The van der Waals surface area contributed by atoms with E-state index in [0.29, 0.717) is 0 Å². The summed E-state index contributed by atoms with van der Waals surface area (Å²) in [6.45, 7) is 6.58. The van der Waals surface area contributed by atoms with Crippen molar-refractivity contribution in [2.24, 2.45) is 5.41 Å². The molecule has 2 fully saturated rings. The minimum absolute atomic E-state index is 0.166. The summed E-state index contributed by atoms with van der Waals surface area (Å²) in [6.07, 6.45) is 4.59. The van der Waals surface area contributed by atoms with Crippen LogP contribution in [0.25, 0.3) is 0 Å². The number of rotatable bonds is 3. The molecule has 1 atom stereocenters. The van der Waals surface area contributed by atoms with Crippen LogP contribution >= 0.6 is 0 Å². The molecular formula is C21H26F3N5O3. The maximum absolute atomic E-state index is 10.6. The van der Waals surface area contributed by atoms with Crippen molar-refractivity contribution in [1.82, 2.24) is 19.9 Å². The Labute approximate surface area is 184 Å². The van der Waals surface area contributed by atoms with Crippen molar-refractivity contribution in [3.8, 4) is 0 Å².